The molecule has 0 atom stereocenters. The van der Waals surface area contributed by atoms with Gasteiger partial charge in [-0.2, -0.15) is 5.10 Å². The molecule has 7 heteroatoms. The lowest BCUT2D eigenvalue weighted by Crippen LogP contribution is -2.23. The van der Waals surface area contributed by atoms with Crippen LogP contribution in [0, 0.1) is 0 Å². The number of rotatable bonds is 7. The van der Waals surface area contributed by atoms with Crippen molar-refractivity contribution in [2.24, 2.45) is 0 Å². The van der Waals surface area contributed by atoms with Gasteiger partial charge in [0.25, 0.3) is 5.91 Å². The molecule has 0 bridgehead atoms. The molecule has 0 aliphatic rings. The van der Waals surface area contributed by atoms with Crippen LogP contribution in [0.4, 0.5) is 0 Å². The summed E-state index contributed by atoms with van der Waals surface area (Å²) in [5.41, 5.74) is 2.28. The Morgan fingerprint density at radius 1 is 1.26 bits per heavy atom. The van der Waals surface area contributed by atoms with E-state index in [1.807, 2.05) is 48.1 Å². The third-order valence-corrected chi connectivity index (χ3v) is 4.82. The first-order valence-electron chi connectivity index (χ1n) is 8.52. The highest BCUT2D eigenvalue weighted by atomic mass is 79.9. The van der Waals surface area contributed by atoms with Crippen LogP contribution in [-0.2, 0) is 19.7 Å². The van der Waals surface area contributed by atoms with Crippen LogP contribution >= 0.6 is 27.5 Å². The molecule has 2 aromatic carbocycles. The number of hydrogen-bond donors (Lipinski definition) is 1. The maximum Gasteiger partial charge on any atom is 0.251 e. The molecule has 0 unspecified atom stereocenters. The Balaban J connectivity index is 1.60. The van der Waals surface area contributed by atoms with Gasteiger partial charge in [-0.1, -0.05) is 29.8 Å². The maximum atomic E-state index is 12.5. The molecular formula is C20H19BrClN3O2. The number of halogens is 2. The summed E-state index contributed by atoms with van der Waals surface area (Å²) in [6.07, 6.45) is 1.90. The number of hydrogen-bond acceptors (Lipinski definition) is 3. The highest BCUT2D eigenvalue weighted by molar-refractivity contribution is 9.10. The van der Waals surface area contributed by atoms with Crippen molar-refractivity contribution in [2.75, 3.05) is 0 Å². The van der Waals surface area contributed by atoms with Crippen LogP contribution in [0.1, 0.15) is 28.5 Å². The Morgan fingerprint density at radius 2 is 2.07 bits per heavy atom. The second-order valence-electron chi connectivity index (χ2n) is 5.91. The lowest BCUT2D eigenvalue weighted by atomic mass is 10.1. The van der Waals surface area contributed by atoms with Gasteiger partial charge < -0.3 is 10.1 Å². The number of carbonyl (C=O) groups is 1. The molecule has 3 rings (SSSR count). The van der Waals surface area contributed by atoms with Crippen molar-refractivity contribution in [1.82, 2.24) is 15.1 Å². The minimum absolute atomic E-state index is 0.155. The maximum absolute atomic E-state index is 12.5. The Labute approximate surface area is 171 Å². The van der Waals surface area contributed by atoms with Gasteiger partial charge in [0.1, 0.15) is 12.4 Å². The molecule has 0 aliphatic carbocycles. The molecule has 0 radical (unpaired) electrons. The number of amides is 1. The topological polar surface area (TPSA) is 56.2 Å². The Kier molecular flexibility index (Phi) is 6.53. The molecule has 1 aromatic heterocycles. The zero-order chi connectivity index (χ0) is 19.2. The van der Waals surface area contributed by atoms with Crippen molar-refractivity contribution in [3.63, 3.8) is 0 Å². The van der Waals surface area contributed by atoms with Gasteiger partial charge in [0.05, 0.1) is 16.7 Å². The molecule has 140 valence electrons. The number of benzene rings is 2. The highest BCUT2D eigenvalue weighted by Gasteiger charge is 2.10. The van der Waals surface area contributed by atoms with Crippen LogP contribution in [0.2, 0.25) is 5.02 Å². The van der Waals surface area contributed by atoms with Crippen LogP contribution in [0.5, 0.6) is 5.75 Å². The fourth-order valence-electron chi connectivity index (χ4n) is 2.51. The van der Waals surface area contributed by atoms with Gasteiger partial charge in [-0.25, -0.2) is 0 Å². The molecule has 5 nitrogen and oxygen atoms in total. The van der Waals surface area contributed by atoms with E-state index in [-0.39, 0.29) is 5.91 Å². The first kappa shape index (κ1) is 19.5. The van der Waals surface area contributed by atoms with Gasteiger partial charge >= 0.3 is 0 Å². The number of aryl methyl sites for hydroxylation is 1. The van der Waals surface area contributed by atoms with Crippen LogP contribution in [-0.4, -0.2) is 15.7 Å². The van der Waals surface area contributed by atoms with E-state index in [4.69, 9.17) is 16.3 Å². The van der Waals surface area contributed by atoms with E-state index in [1.54, 1.807) is 18.2 Å². The van der Waals surface area contributed by atoms with E-state index in [2.05, 4.69) is 26.3 Å². The van der Waals surface area contributed by atoms with E-state index in [0.717, 1.165) is 22.3 Å². The number of nitrogens with zero attached hydrogens (tertiary/aromatic N) is 2. The molecule has 1 heterocycles. The summed E-state index contributed by atoms with van der Waals surface area (Å²) in [5.74, 6) is 0.534. The summed E-state index contributed by atoms with van der Waals surface area (Å²) in [6.45, 7) is 3.50. The number of aromatic nitrogens is 2. The fourth-order valence-corrected chi connectivity index (χ4v) is 3.15. The summed E-state index contributed by atoms with van der Waals surface area (Å²) >= 11 is 9.42. The van der Waals surface area contributed by atoms with E-state index < -0.39 is 0 Å². The van der Waals surface area contributed by atoms with Crippen LogP contribution < -0.4 is 10.1 Å². The van der Waals surface area contributed by atoms with Crippen molar-refractivity contribution in [2.45, 2.75) is 26.6 Å². The summed E-state index contributed by atoms with van der Waals surface area (Å²) in [5, 5.41) is 7.93. The smallest absolute Gasteiger partial charge is 0.251 e. The third-order valence-electron chi connectivity index (χ3n) is 3.92. The van der Waals surface area contributed by atoms with Crippen molar-refractivity contribution in [3.8, 4) is 5.75 Å². The predicted octanol–water partition coefficient (Wildman–Crippen LogP) is 4.83. The van der Waals surface area contributed by atoms with Gasteiger partial charge in [0.15, 0.2) is 0 Å². The zero-order valence-corrected chi connectivity index (χ0v) is 17.1. The molecule has 1 N–H and O–H groups in total. The van der Waals surface area contributed by atoms with E-state index in [9.17, 15) is 4.79 Å². The molecule has 0 saturated carbocycles. The van der Waals surface area contributed by atoms with Crippen molar-refractivity contribution < 1.29 is 9.53 Å². The lowest BCUT2D eigenvalue weighted by molar-refractivity contribution is 0.0950. The van der Waals surface area contributed by atoms with Crippen LogP contribution in [0.15, 0.2) is 59.2 Å². The fraction of sp³-hybridized carbons (Fsp3) is 0.200. The lowest BCUT2D eigenvalue weighted by Gasteiger charge is -2.09. The van der Waals surface area contributed by atoms with Gasteiger partial charge in [0.2, 0.25) is 0 Å². The summed E-state index contributed by atoms with van der Waals surface area (Å²) in [4.78, 5) is 12.5. The Hall–Kier alpha value is -2.31. The zero-order valence-electron chi connectivity index (χ0n) is 14.8. The Bertz CT molecular complexity index is 942. The summed E-state index contributed by atoms with van der Waals surface area (Å²) < 4.78 is 8.43. The molecule has 0 aliphatic heterocycles. The van der Waals surface area contributed by atoms with E-state index in [0.29, 0.717) is 29.5 Å². The average molecular weight is 449 g/mol. The molecule has 0 fully saturated rings. The quantitative estimate of drug-likeness (QED) is 0.563. The highest BCUT2D eigenvalue weighted by Crippen LogP contribution is 2.19. The molecule has 0 saturated heterocycles. The van der Waals surface area contributed by atoms with Crippen molar-refractivity contribution >= 4 is 33.4 Å². The second-order valence-corrected chi connectivity index (χ2v) is 7.20. The summed E-state index contributed by atoms with van der Waals surface area (Å²) in [7, 11) is 0. The van der Waals surface area contributed by atoms with Crippen LogP contribution in [0.25, 0.3) is 0 Å². The van der Waals surface area contributed by atoms with Crippen LogP contribution in [0.3, 0.4) is 0 Å². The minimum Gasteiger partial charge on any atom is -0.489 e. The summed E-state index contributed by atoms with van der Waals surface area (Å²) in [6, 6.07) is 14.6. The molecule has 0 spiro atoms. The monoisotopic (exact) mass is 447 g/mol. The minimum atomic E-state index is -0.155. The number of carbonyl (C=O) groups excluding carboxylic acids is 1. The SMILES string of the molecule is CCn1cc(Br)c(CNC(=O)c2cccc(COc3cccc(Cl)c3)c2)n1. The predicted molar refractivity (Wildman–Crippen MR) is 109 cm³/mol. The van der Waals surface area contributed by atoms with E-state index in [1.165, 1.54) is 0 Å². The molecule has 27 heavy (non-hydrogen) atoms. The second kappa shape index (κ2) is 9.06. The van der Waals surface area contributed by atoms with Crippen molar-refractivity contribution in [3.05, 3.63) is 81.0 Å². The first-order valence-corrected chi connectivity index (χ1v) is 9.69. The van der Waals surface area contributed by atoms with Gasteiger partial charge in [-0.15, -0.1) is 0 Å². The number of ether oxygens (including phenoxy) is 1. The van der Waals surface area contributed by atoms with Gasteiger partial charge in [0, 0.05) is 23.3 Å². The normalized spacial score (nSPS) is 10.6. The average Bonchev–Trinajstić information content (AvgIpc) is 3.04. The molecular weight excluding hydrogens is 430 g/mol. The standard InChI is InChI=1S/C20H19BrClN3O2/c1-2-25-12-18(21)19(24-25)11-23-20(26)15-6-3-5-14(9-15)13-27-17-8-4-7-16(22)10-17/h3-10,12H,2,11,13H2,1H3,(H,23,26). The van der Waals surface area contributed by atoms with Crippen molar-refractivity contribution in [1.29, 1.82) is 0 Å². The van der Waals surface area contributed by atoms with Gasteiger partial charge in [-0.3, -0.25) is 9.48 Å². The third kappa shape index (κ3) is 5.34. The van der Waals surface area contributed by atoms with E-state index >= 15 is 0 Å². The van der Waals surface area contributed by atoms with Gasteiger partial charge in [-0.05, 0) is 58.7 Å². The Morgan fingerprint density at radius 3 is 2.81 bits per heavy atom. The number of nitrogens with one attached hydrogen (secondary N) is 1. The molecule has 1 amide bonds. The first-order chi connectivity index (χ1) is 13.0. The largest absolute Gasteiger partial charge is 0.489 e. The molecule has 3 aromatic rings.